The maximum Gasteiger partial charge on any atom is 1.10 e. The number of hydrogen-bond donors (Lipinski definition) is 0. The van der Waals surface area contributed by atoms with E-state index in [1.807, 2.05) is 0 Å². The summed E-state index contributed by atoms with van der Waals surface area (Å²) in [5.74, 6) is -1.21. The summed E-state index contributed by atoms with van der Waals surface area (Å²) >= 11 is -2.85. The monoisotopic (exact) mass is 306 g/mol. The third-order valence-corrected chi connectivity index (χ3v) is 3.93. The van der Waals surface area contributed by atoms with E-state index in [0.29, 0.717) is 12.2 Å². The summed E-state index contributed by atoms with van der Waals surface area (Å²) in [5.41, 5.74) is 0.391. The van der Waals surface area contributed by atoms with Crippen molar-refractivity contribution < 1.29 is 21.0 Å². The molecule has 0 heterocycles. The highest BCUT2D eigenvalue weighted by atomic mass is 27.3. The van der Waals surface area contributed by atoms with Crippen LogP contribution in [0, 0.1) is 0 Å². The van der Waals surface area contributed by atoms with E-state index in [9.17, 15) is 9.59 Å². The fraction of sp³-hybridized carbons (Fsp3) is 0.333. The maximum atomic E-state index is 11.9. The Balaban J connectivity index is 2.56. The fourth-order valence-electron chi connectivity index (χ4n) is 1.50. The van der Waals surface area contributed by atoms with Crippen molar-refractivity contribution in [1.29, 1.82) is 0 Å². The number of benzene rings is 1. The predicted molar refractivity (Wildman–Crippen MR) is 79.4 cm³/mol. The molecule has 0 amide bonds. The molecule has 0 radical (unpaired) electrons. The Morgan fingerprint density at radius 3 is 2.52 bits per heavy atom. The van der Waals surface area contributed by atoms with Gasteiger partial charge in [0.2, 0.25) is 0 Å². The van der Waals surface area contributed by atoms with Gasteiger partial charge >= 0.3 is 21.1 Å². The molecule has 1 aromatic carbocycles. The quantitative estimate of drug-likeness (QED) is 0.399. The summed E-state index contributed by atoms with van der Waals surface area (Å²) in [6, 6.07) is 8.50. The average Bonchev–Trinajstić information content (AvgIpc) is 2.52. The molecule has 0 spiro atoms. The molecule has 0 fully saturated rings. The zero-order valence-electron chi connectivity index (χ0n) is 12.1. The lowest BCUT2D eigenvalue weighted by atomic mass is 10.2. The summed E-state index contributed by atoms with van der Waals surface area (Å²) in [4.78, 5) is 23.2. The van der Waals surface area contributed by atoms with Crippen LogP contribution in [0.3, 0.4) is 0 Å². The van der Waals surface area contributed by atoms with Crippen LogP contribution < -0.4 is 0 Å². The summed E-state index contributed by atoms with van der Waals surface area (Å²) in [6.07, 6.45) is 3.90. The summed E-state index contributed by atoms with van der Waals surface area (Å²) < 4.78 is 15.6. The normalized spacial score (nSPS) is 9.76. The highest BCUT2D eigenvalue weighted by molar-refractivity contribution is 6.42. The molecule has 0 saturated carbocycles. The summed E-state index contributed by atoms with van der Waals surface area (Å²) in [6.45, 7) is 5.78. The largest absolute Gasteiger partial charge is 1.10 e. The molecule has 0 bridgehead atoms. The van der Waals surface area contributed by atoms with Crippen LogP contribution >= 0.6 is 0 Å². The Labute approximate surface area is 129 Å². The van der Waals surface area contributed by atoms with E-state index in [1.54, 1.807) is 30.3 Å². The zero-order valence-corrected chi connectivity index (χ0v) is 13.3. The van der Waals surface area contributed by atoms with Crippen LogP contribution in [0.25, 0.3) is 0 Å². The van der Waals surface area contributed by atoms with Crippen molar-refractivity contribution in [2.75, 3.05) is 6.61 Å². The molecule has 21 heavy (non-hydrogen) atoms. The zero-order chi connectivity index (χ0) is 15.5. The third-order valence-electron chi connectivity index (χ3n) is 2.59. The van der Waals surface area contributed by atoms with Crippen molar-refractivity contribution in [3.8, 4) is 0 Å². The number of hydrogen-bond acceptors (Lipinski definition) is 5. The lowest BCUT2D eigenvalue weighted by Gasteiger charge is -2.12. The molecule has 0 aromatic heterocycles. The lowest BCUT2D eigenvalue weighted by Crippen LogP contribution is -2.32. The molecular weight excluding hydrogens is 287 g/mol. The van der Waals surface area contributed by atoms with E-state index >= 15 is 0 Å². The van der Waals surface area contributed by atoms with Gasteiger partial charge < -0.3 is 11.4 Å². The van der Waals surface area contributed by atoms with E-state index in [1.165, 1.54) is 0 Å². The van der Waals surface area contributed by atoms with Gasteiger partial charge in [-0.25, -0.2) is 4.79 Å². The molecule has 1 rings (SSSR count). The summed E-state index contributed by atoms with van der Waals surface area (Å²) in [7, 11) is 0. The van der Waals surface area contributed by atoms with E-state index in [-0.39, 0.29) is 0 Å². The first-order valence-corrected chi connectivity index (χ1v) is 8.29. The van der Waals surface area contributed by atoms with Crippen LogP contribution in [0.5, 0.6) is 0 Å². The van der Waals surface area contributed by atoms with Crippen molar-refractivity contribution in [2.45, 2.75) is 26.2 Å². The number of carbonyl (C=O) groups excluding carboxylic acids is 2. The van der Waals surface area contributed by atoms with Gasteiger partial charge in [-0.15, -0.1) is 0 Å². The molecule has 0 saturated heterocycles. The van der Waals surface area contributed by atoms with Crippen molar-refractivity contribution in [3.63, 3.8) is 0 Å². The van der Waals surface area contributed by atoms with Gasteiger partial charge in [-0.05, 0) is 18.6 Å². The SMILES string of the molecule is C=CC(=O)[O][Al]([O]CCCCC)[O]C(=O)c1ccccc1. The maximum absolute atomic E-state index is 11.9. The Hall–Kier alpha value is -1.61. The van der Waals surface area contributed by atoms with Gasteiger partial charge in [0.1, 0.15) is 0 Å². The van der Waals surface area contributed by atoms with Crippen molar-refractivity contribution in [1.82, 2.24) is 0 Å². The van der Waals surface area contributed by atoms with Gasteiger partial charge in [-0.2, -0.15) is 0 Å². The Kier molecular flexibility index (Phi) is 8.45. The van der Waals surface area contributed by atoms with Crippen LogP contribution in [-0.4, -0.2) is 33.7 Å². The molecule has 0 aliphatic heterocycles. The minimum atomic E-state index is -2.85. The Morgan fingerprint density at radius 1 is 1.19 bits per heavy atom. The Morgan fingerprint density at radius 2 is 1.90 bits per heavy atom. The van der Waals surface area contributed by atoms with Crippen molar-refractivity contribution >= 4 is 27.1 Å². The molecule has 1 aromatic rings. The van der Waals surface area contributed by atoms with E-state index in [0.717, 1.165) is 25.3 Å². The number of unbranched alkanes of at least 4 members (excludes halogenated alkanes) is 2. The van der Waals surface area contributed by atoms with E-state index in [4.69, 9.17) is 11.4 Å². The smallest absolute Gasteiger partial charge is 0.558 e. The number of rotatable bonds is 9. The van der Waals surface area contributed by atoms with Crippen molar-refractivity contribution in [3.05, 3.63) is 48.6 Å². The van der Waals surface area contributed by atoms with Crippen LogP contribution in [0.1, 0.15) is 36.5 Å². The lowest BCUT2D eigenvalue weighted by molar-refractivity contribution is -0.131. The van der Waals surface area contributed by atoms with Crippen LogP contribution in [0.2, 0.25) is 0 Å². The van der Waals surface area contributed by atoms with Gasteiger partial charge in [0, 0.05) is 12.7 Å². The van der Waals surface area contributed by atoms with Gasteiger partial charge in [-0.1, -0.05) is 44.5 Å². The summed E-state index contributed by atoms with van der Waals surface area (Å²) in [5, 5.41) is 0. The van der Waals surface area contributed by atoms with Gasteiger partial charge in [-0.3, -0.25) is 4.79 Å². The molecule has 0 N–H and O–H groups in total. The van der Waals surface area contributed by atoms with Crippen LogP contribution in [0.4, 0.5) is 0 Å². The fourth-order valence-corrected chi connectivity index (χ4v) is 2.64. The van der Waals surface area contributed by atoms with Crippen molar-refractivity contribution in [2.24, 2.45) is 0 Å². The van der Waals surface area contributed by atoms with Gasteiger partial charge in [0.15, 0.2) is 0 Å². The van der Waals surface area contributed by atoms with Gasteiger partial charge in [0.25, 0.3) is 5.97 Å². The topological polar surface area (TPSA) is 61.8 Å². The molecule has 5 nitrogen and oxygen atoms in total. The highest BCUT2D eigenvalue weighted by Crippen LogP contribution is 2.05. The molecular formula is C15H19AlO5. The molecule has 6 heteroatoms. The molecule has 0 aliphatic carbocycles. The molecule has 0 unspecified atom stereocenters. The highest BCUT2D eigenvalue weighted by Gasteiger charge is 2.42. The van der Waals surface area contributed by atoms with E-state index < -0.39 is 27.1 Å². The van der Waals surface area contributed by atoms with E-state index in [2.05, 4.69) is 13.5 Å². The standard InChI is InChI=1S/C7H6O2.C5H11O.C3H4O2.Al/c8-7(9)6-4-2-1-3-5-6;1-2-3-4-5-6;1-2-3(4)5;/h1-5H,(H,8,9);2-5H2,1H3;2H,1H2,(H,4,5);/q;-1;;+3/p-2. The minimum absolute atomic E-state index is 0.391. The first kappa shape index (κ1) is 17.4. The van der Waals surface area contributed by atoms with Gasteiger partial charge in [0.05, 0.1) is 5.56 Å². The number of carbonyl (C=O) groups is 2. The molecule has 112 valence electrons. The minimum Gasteiger partial charge on any atom is -0.558 e. The Bertz CT molecular complexity index is 460. The van der Waals surface area contributed by atoms with Crippen LogP contribution in [-0.2, 0) is 16.2 Å². The van der Waals surface area contributed by atoms with Crippen LogP contribution in [0.15, 0.2) is 43.0 Å². The third kappa shape index (κ3) is 7.10. The first-order chi connectivity index (χ1) is 10.2. The second kappa shape index (κ2) is 10.2. The predicted octanol–water partition coefficient (Wildman–Crippen LogP) is 2.76. The second-order valence-electron chi connectivity index (χ2n) is 4.28. The first-order valence-electron chi connectivity index (χ1n) is 6.88. The average molecular weight is 306 g/mol. The molecule has 0 atom stereocenters. The second-order valence-corrected chi connectivity index (χ2v) is 5.66. The molecule has 0 aliphatic rings.